The molecule has 2 aliphatic rings. The lowest BCUT2D eigenvalue weighted by Gasteiger charge is -2.38. The van der Waals surface area contributed by atoms with E-state index >= 15 is 0 Å². The predicted molar refractivity (Wildman–Crippen MR) is 257 cm³/mol. The van der Waals surface area contributed by atoms with Crippen LogP contribution < -0.4 is 4.90 Å². The summed E-state index contributed by atoms with van der Waals surface area (Å²) in [7, 11) is 0. The topological polar surface area (TPSA) is 21.3 Å². The van der Waals surface area contributed by atoms with Crippen molar-refractivity contribution in [3.63, 3.8) is 0 Å². The molecule has 0 atom stereocenters. The van der Waals surface area contributed by atoms with Crippen LogP contribution in [0.3, 0.4) is 0 Å². The molecule has 0 aliphatic heterocycles. The van der Waals surface area contributed by atoms with Crippen molar-refractivity contribution in [3.8, 4) is 27.9 Å². The maximum Gasteiger partial charge on any atom is 0.135 e. The van der Waals surface area contributed by atoms with Gasteiger partial charge in [0.2, 0.25) is 0 Å². The van der Waals surface area contributed by atoms with E-state index in [0.717, 1.165) is 39.0 Å². The van der Waals surface area contributed by atoms with Crippen LogP contribution in [-0.4, -0.2) is 4.57 Å². The summed E-state index contributed by atoms with van der Waals surface area (Å²) in [5.41, 5.74) is 18.6. The average molecular weight is 789 g/mol. The van der Waals surface area contributed by atoms with Gasteiger partial charge in [-0.25, -0.2) is 0 Å². The molecule has 10 aromatic carbocycles. The summed E-state index contributed by atoms with van der Waals surface area (Å²) in [6, 6.07) is 80.3. The van der Waals surface area contributed by atoms with Crippen LogP contribution in [0.2, 0.25) is 0 Å². The Labute approximate surface area is 358 Å². The molecule has 0 saturated carbocycles. The molecule has 12 aromatic rings. The van der Waals surface area contributed by atoms with Gasteiger partial charge in [0.25, 0.3) is 0 Å². The number of hydrogen-bond donors (Lipinski definition) is 0. The minimum atomic E-state index is -0.509. The highest BCUT2D eigenvalue weighted by atomic mass is 16.3. The molecule has 0 radical (unpaired) electrons. The summed E-state index contributed by atoms with van der Waals surface area (Å²) in [4.78, 5) is 2.34. The zero-order valence-corrected chi connectivity index (χ0v) is 33.6. The maximum atomic E-state index is 6.23. The average Bonchev–Trinajstić information content (AvgIpc) is 3.98. The molecule has 14 rings (SSSR count). The Balaban J connectivity index is 1.01. The third kappa shape index (κ3) is 4.39. The normalized spacial score (nSPS) is 13.3. The van der Waals surface area contributed by atoms with Gasteiger partial charge in [-0.3, -0.25) is 0 Å². The van der Waals surface area contributed by atoms with Crippen LogP contribution in [0.1, 0.15) is 22.3 Å². The molecule has 0 bridgehead atoms. The van der Waals surface area contributed by atoms with Gasteiger partial charge < -0.3 is 13.9 Å². The van der Waals surface area contributed by atoms with E-state index in [2.05, 4.69) is 216 Å². The second-order valence-corrected chi connectivity index (χ2v) is 16.8. The van der Waals surface area contributed by atoms with Gasteiger partial charge in [-0.15, -0.1) is 0 Å². The van der Waals surface area contributed by atoms with Crippen LogP contribution in [0.5, 0.6) is 0 Å². The van der Waals surface area contributed by atoms with Crippen molar-refractivity contribution >= 4 is 71.6 Å². The molecule has 2 aliphatic carbocycles. The monoisotopic (exact) mass is 788 g/mol. The zero-order chi connectivity index (χ0) is 40.5. The van der Waals surface area contributed by atoms with Gasteiger partial charge in [0.1, 0.15) is 11.2 Å². The first-order valence-electron chi connectivity index (χ1n) is 21.4. The number of nitrogens with zero attached hydrogens (tertiary/aromatic N) is 2. The van der Waals surface area contributed by atoms with Crippen molar-refractivity contribution in [2.45, 2.75) is 5.41 Å². The standard InChI is InChI=1S/C59H36N2O/c1-3-14-40(15-4-1)60(43-31-33-55-47(36-43)46-20-9-12-25-54(46)62-55)42-29-26-37(27-30-42)39-34-38-28-32-53-58-56(38)51(35-39)59(48-21-10-7-18-44(48)45-19-8-11-22-49(45)59)50-23-13-24-52(57(50)58)61(53)41-16-5-2-6-17-41/h1-36H. The summed E-state index contributed by atoms with van der Waals surface area (Å²) in [6.07, 6.45) is 0. The van der Waals surface area contributed by atoms with E-state index in [9.17, 15) is 0 Å². The molecule has 3 nitrogen and oxygen atoms in total. The van der Waals surface area contributed by atoms with Gasteiger partial charge in [0.15, 0.2) is 0 Å². The van der Waals surface area contributed by atoms with Gasteiger partial charge in [-0.05, 0) is 140 Å². The van der Waals surface area contributed by atoms with Crippen LogP contribution in [0.15, 0.2) is 223 Å². The van der Waals surface area contributed by atoms with Gasteiger partial charge in [-0.2, -0.15) is 0 Å². The number of rotatable bonds is 5. The molecular weight excluding hydrogens is 753 g/mol. The predicted octanol–water partition coefficient (Wildman–Crippen LogP) is 15.6. The molecule has 0 N–H and O–H groups in total. The van der Waals surface area contributed by atoms with Crippen molar-refractivity contribution in [1.29, 1.82) is 0 Å². The number of anilines is 3. The molecule has 0 saturated heterocycles. The van der Waals surface area contributed by atoms with E-state index in [1.807, 2.05) is 12.1 Å². The number of fused-ring (bicyclic) bond motifs is 10. The molecule has 288 valence electrons. The molecule has 0 fully saturated rings. The Kier molecular flexibility index (Phi) is 6.76. The van der Waals surface area contributed by atoms with E-state index in [4.69, 9.17) is 4.42 Å². The molecule has 0 amide bonds. The summed E-state index contributed by atoms with van der Waals surface area (Å²) in [6.45, 7) is 0. The van der Waals surface area contributed by atoms with Crippen LogP contribution in [0.4, 0.5) is 17.1 Å². The molecule has 62 heavy (non-hydrogen) atoms. The van der Waals surface area contributed by atoms with E-state index < -0.39 is 5.41 Å². The van der Waals surface area contributed by atoms with E-state index in [1.54, 1.807) is 0 Å². The number of hydrogen-bond acceptors (Lipinski definition) is 2. The van der Waals surface area contributed by atoms with Gasteiger partial charge in [0, 0.05) is 44.3 Å². The summed E-state index contributed by atoms with van der Waals surface area (Å²) >= 11 is 0. The maximum absolute atomic E-state index is 6.23. The lowest BCUT2D eigenvalue weighted by atomic mass is 9.62. The number of aromatic nitrogens is 1. The van der Waals surface area contributed by atoms with E-state index in [-0.39, 0.29) is 0 Å². The van der Waals surface area contributed by atoms with E-state index in [1.165, 1.54) is 82.8 Å². The van der Waals surface area contributed by atoms with Gasteiger partial charge >= 0.3 is 0 Å². The third-order valence-corrected chi connectivity index (χ3v) is 13.7. The summed E-state index contributed by atoms with van der Waals surface area (Å²) in [5.74, 6) is 0. The van der Waals surface area contributed by atoms with Crippen LogP contribution in [0, 0.1) is 0 Å². The van der Waals surface area contributed by atoms with Crippen LogP contribution in [0.25, 0.3) is 82.5 Å². The second kappa shape index (κ2) is 12.4. The Bertz CT molecular complexity index is 3760. The fourth-order valence-electron chi connectivity index (χ4n) is 11.3. The molecule has 3 heteroatoms. The van der Waals surface area contributed by atoms with Crippen molar-refractivity contribution < 1.29 is 4.42 Å². The van der Waals surface area contributed by atoms with Gasteiger partial charge in [-0.1, -0.05) is 133 Å². The van der Waals surface area contributed by atoms with Crippen LogP contribution >= 0.6 is 0 Å². The largest absolute Gasteiger partial charge is 0.456 e. The number of furan rings is 1. The fraction of sp³-hybridized carbons (Fsp3) is 0.0169. The Morgan fingerprint density at radius 2 is 1.00 bits per heavy atom. The Morgan fingerprint density at radius 1 is 0.371 bits per heavy atom. The Morgan fingerprint density at radius 3 is 1.79 bits per heavy atom. The fourth-order valence-corrected chi connectivity index (χ4v) is 11.3. The number of para-hydroxylation sites is 3. The highest BCUT2D eigenvalue weighted by molar-refractivity contribution is 6.27. The van der Waals surface area contributed by atoms with Crippen molar-refractivity contribution in [3.05, 3.63) is 241 Å². The molecular formula is C59H36N2O. The SMILES string of the molecule is c1ccc(N(c2ccc(-c3cc4c5c(ccc6c5c5c(cccc5n6-c5ccccc5)C45c4ccccc4-c4ccccc45)c3)cc2)c2ccc3oc4ccccc4c3c2)cc1. The molecule has 0 unspecified atom stereocenters. The first-order valence-corrected chi connectivity index (χ1v) is 21.4. The minimum absolute atomic E-state index is 0.509. The first kappa shape index (κ1) is 33.7. The van der Waals surface area contributed by atoms with Crippen molar-refractivity contribution in [2.24, 2.45) is 0 Å². The quantitative estimate of drug-likeness (QED) is 0.173. The summed E-state index contributed by atoms with van der Waals surface area (Å²) < 4.78 is 8.70. The van der Waals surface area contributed by atoms with Crippen molar-refractivity contribution in [1.82, 2.24) is 4.57 Å². The highest BCUT2D eigenvalue weighted by Gasteiger charge is 2.50. The molecule has 1 spiro atoms. The number of benzene rings is 10. The third-order valence-electron chi connectivity index (χ3n) is 13.7. The van der Waals surface area contributed by atoms with E-state index in [0.29, 0.717) is 0 Å². The highest BCUT2D eigenvalue weighted by Crippen LogP contribution is 2.62. The molecule has 2 aromatic heterocycles. The van der Waals surface area contributed by atoms with Gasteiger partial charge in [0.05, 0.1) is 16.4 Å². The van der Waals surface area contributed by atoms with Crippen LogP contribution in [-0.2, 0) is 5.41 Å². The first-order chi connectivity index (χ1) is 30.8. The lowest BCUT2D eigenvalue weighted by molar-refractivity contribution is 0.669. The zero-order valence-electron chi connectivity index (χ0n) is 33.6. The minimum Gasteiger partial charge on any atom is -0.456 e. The smallest absolute Gasteiger partial charge is 0.135 e. The Hall–Kier alpha value is -8.14. The summed E-state index contributed by atoms with van der Waals surface area (Å²) in [5, 5.41) is 7.50. The van der Waals surface area contributed by atoms with Crippen molar-refractivity contribution in [2.75, 3.05) is 4.90 Å². The lowest BCUT2D eigenvalue weighted by Crippen LogP contribution is -2.30. The molecule has 2 heterocycles. The second-order valence-electron chi connectivity index (χ2n) is 16.8.